The van der Waals surface area contributed by atoms with Gasteiger partial charge in [0.15, 0.2) is 5.82 Å². The largest absolute Gasteiger partial charge is 0.440 e. The third kappa shape index (κ3) is 4.29. The Hall–Kier alpha value is -2.39. The molecule has 0 aliphatic heterocycles. The molecule has 0 fully saturated rings. The van der Waals surface area contributed by atoms with Gasteiger partial charge in [0.1, 0.15) is 5.75 Å². The van der Waals surface area contributed by atoms with Gasteiger partial charge in [-0.3, -0.25) is 4.72 Å². The average molecular weight is 311 g/mol. The highest BCUT2D eigenvalue weighted by atomic mass is 32.2. The number of nitrogens with one attached hydrogen (secondary N) is 1. The summed E-state index contributed by atoms with van der Waals surface area (Å²) >= 11 is 0. The molecule has 0 aliphatic rings. The van der Waals surface area contributed by atoms with E-state index in [2.05, 4.69) is 9.82 Å². The Morgan fingerprint density at radius 2 is 2.00 bits per heavy atom. The van der Waals surface area contributed by atoms with Crippen LogP contribution in [0.2, 0.25) is 0 Å². The van der Waals surface area contributed by atoms with Crippen molar-refractivity contribution in [3.63, 3.8) is 0 Å². The smallest absolute Gasteiger partial charge is 0.409 e. The van der Waals surface area contributed by atoms with Crippen molar-refractivity contribution in [2.24, 2.45) is 0 Å². The van der Waals surface area contributed by atoms with Crippen LogP contribution < -0.4 is 9.46 Å². The van der Waals surface area contributed by atoms with Gasteiger partial charge < -0.3 is 9.84 Å². The lowest BCUT2D eigenvalue weighted by molar-refractivity contribution is 0.199. The second kappa shape index (κ2) is 5.94. The Labute approximate surface area is 121 Å². The van der Waals surface area contributed by atoms with E-state index in [1.54, 1.807) is 12.1 Å². The summed E-state index contributed by atoms with van der Waals surface area (Å²) in [6, 6.07) is 7.62. The molecule has 0 atom stereocenters. The summed E-state index contributed by atoms with van der Waals surface area (Å²) in [5, 5.41) is 12.6. The van der Waals surface area contributed by atoms with Crippen molar-refractivity contribution in [2.45, 2.75) is 6.61 Å². The Bertz CT molecular complexity index is 737. The Morgan fingerprint density at radius 3 is 2.57 bits per heavy atom. The minimum absolute atomic E-state index is 0.0186. The molecular weight excluding hydrogens is 298 g/mol. The number of hydrogen-bond donors (Lipinski definition) is 2. The number of carbonyl (C=O) groups is 1. The van der Waals surface area contributed by atoms with E-state index >= 15 is 0 Å². The van der Waals surface area contributed by atoms with E-state index in [1.165, 1.54) is 24.4 Å². The highest BCUT2D eigenvalue weighted by Gasteiger charge is 2.11. The fourth-order valence-corrected chi connectivity index (χ4v) is 1.97. The molecule has 112 valence electrons. The van der Waals surface area contributed by atoms with Gasteiger partial charge in [0, 0.05) is 12.3 Å². The zero-order valence-corrected chi connectivity index (χ0v) is 11.9. The van der Waals surface area contributed by atoms with Crippen molar-refractivity contribution < 1.29 is 23.1 Å². The molecule has 1 aromatic heterocycles. The molecule has 2 aromatic rings. The van der Waals surface area contributed by atoms with E-state index in [0.717, 1.165) is 10.9 Å². The van der Waals surface area contributed by atoms with E-state index in [0.29, 0.717) is 5.56 Å². The number of aromatic nitrogens is 2. The Kier molecular flexibility index (Phi) is 4.24. The third-order valence-corrected chi connectivity index (χ3v) is 2.96. The summed E-state index contributed by atoms with van der Waals surface area (Å²) in [4.78, 5) is 11.8. The predicted molar refractivity (Wildman–Crippen MR) is 74.5 cm³/mol. The van der Waals surface area contributed by atoms with Crippen LogP contribution in [0, 0.1) is 0 Å². The first-order valence-corrected chi connectivity index (χ1v) is 7.72. The van der Waals surface area contributed by atoms with Crippen LogP contribution in [0.5, 0.6) is 5.75 Å². The number of aliphatic hydroxyl groups is 1. The van der Waals surface area contributed by atoms with Crippen LogP contribution in [0.15, 0.2) is 36.5 Å². The zero-order chi connectivity index (χ0) is 15.5. The molecule has 1 heterocycles. The number of sulfonamides is 1. The molecule has 9 heteroatoms. The molecule has 2 rings (SSSR count). The van der Waals surface area contributed by atoms with E-state index < -0.39 is 16.1 Å². The lowest BCUT2D eigenvalue weighted by Gasteiger charge is -2.04. The van der Waals surface area contributed by atoms with Crippen molar-refractivity contribution in [1.82, 2.24) is 9.78 Å². The van der Waals surface area contributed by atoms with Crippen molar-refractivity contribution in [2.75, 3.05) is 11.0 Å². The minimum atomic E-state index is -3.46. The number of carbonyl (C=O) groups excluding carboxylic acids is 1. The molecule has 0 saturated carbocycles. The number of nitrogens with zero attached hydrogens (tertiary/aromatic N) is 2. The van der Waals surface area contributed by atoms with Gasteiger partial charge in [-0.1, -0.05) is 12.1 Å². The summed E-state index contributed by atoms with van der Waals surface area (Å²) in [6.07, 6.45) is 1.47. The number of rotatable bonds is 4. The van der Waals surface area contributed by atoms with Crippen molar-refractivity contribution in [3.8, 4) is 5.75 Å². The van der Waals surface area contributed by atoms with E-state index in [1.807, 2.05) is 0 Å². The molecule has 0 saturated heterocycles. The topological polar surface area (TPSA) is 111 Å². The molecule has 1 aromatic carbocycles. The number of ether oxygens (including phenoxy) is 1. The molecule has 0 bridgehead atoms. The zero-order valence-electron chi connectivity index (χ0n) is 11.1. The first-order valence-electron chi connectivity index (χ1n) is 5.83. The fourth-order valence-electron chi connectivity index (χ4n) is 1.48. The number of hydrogen-bond acceptors (Lipinski definition) is 6. The molecule has 0 spiro atoms. The highest BCUT2D eigenvalue weighted by molar-refractivity contribution is 7.92. The van der Waals surface area contributed by atoms with Crippen molar-refractivity contribution >= 4 is 21.9 Å². The van der Waals surface area contributed by atoms with Gasteiger partial charge in [-0.25, -0.2) is 13.2 Å². The van der Waals surface area contributed by atoms with Gasteiger partial charge in [0.05, 0.1) is 12.9 Å². The van der Waals surface area contributed by atoms with Gasteiger partial charge >= 0.3 is 6.09 Å². The second-order valence-electron chi connectivity index (χ2n) is 4.19. The SMILES string of the molecule is CS(=O)(=O)Nc1ccn(C(=O)Oc2ccc(CO)cc2)n1. The summed E-state index contributed by atoms with van der Waals surface area (Å²) in [5.74, 6) is 0.301. The summed E-state index contributed by atoms with van der Waals surface area (Å²) in [6.45, 7) is -0.103. The molecule has 2 N–H and O–H groups in total. The second-order valence-corrected chi connectivity index (χ2v) is 5.94. The molecule has 21 heavy (non-hydrogen) atoms. The highest BCUT2D eigenvalue weighted by Crippen LogP contribution is 2.13. The van der Waals surface area contributed by atoms with Crippen LogP contribution in [-0.2, 0) is 16.6 Å². The van der Waals surface area contributed by atoms with E-state index in [9.17, 15) is 13.2 Å². The maximum atomic E-state index is 11.8. The maximum Gasteiger partial charge on any atom is 0.440 e. The minimum Gasteiger partial charge on any atom is -0.409 e. The van der Waals surface area contributed by atoms with Crippen LogP contribution in [0.25, 0.3) is 0 Å². The Morgan fingerprint density at radius 1 is 1.33 bits per heavy atom. The van der Waals surface area contributed by atoms with Crippen LogP contribution in [0.1, 0.15) is 5.56 Å². The normalized spacial score (nSPS) is 11.1. The quantitative estimate of drug-likeness (QED) is 0.864. The van der Waals surface area contributed by atoms with Gasteiger partial charge in [-0.15, -0.1) is 5.10 Å². The van der Waals surface area contributed by atoms with Crippen LogP contribution in [0.4, 0.5) is 10.6 Å². The lowest BCUT2D eigenvalue weighted by atomic mass is 10.2. The Balaban J connectivity index is 2.06. The molecule has 0 unspecified atom stereocenters. The van der Waals surface area contributed by atoms with E-state index in [-0.39, 0.29) is 18.2 Å². The van der Waals surface area contributed by atoms with Gasteiger partial charge in [-0.2, -0.15) is 4.68 Å². The van der Waals surface area contributed by atoms with Gasteiger partial charge in [-0.05, 0) is 17.7 Å². The van der Waals surface area contributed by atoms with Crippen LogP contribution in [0.3, 0.4) is 0 Å². The third-order valence-electron chi connectivity index (χ3n) is 2.38. The van der Waals surface area contributed by atoms with Gasteiger partial charge in [0.2, 0.25) is 10.0 Å². The molecular formula is C12H13N3O5S. The van der Waals surface area contributed by atoms with Crippen molar-refractivity contribution in [1.29, 1.82) is 0 Å². The maximum absolute atomic E-state index is 11.8. The summed E-state index contributed by atoms with van der Waals surface area (Å²) in [7, 11) is -3.46. The number of aliphatic hydroxyl groups excluding tert-OH is 1. The van der Waals surface area contributed by atoms with Crippen molar-refractivity contribution in [3.05, 3.63) is 42.1 Å². The molecule has 8 nitrogen and oxygen atoms in total. The molecule has 0 aliphatic carbocycles. The van der Waals surface area contributed by atoms with Crippen LogP contribution >= 0.6 is 0 Å². The summed E-state index contributed by atoms with van der Waals surface area (Å²) < 4.78 is 30.1. The fraction of sp³-hybridized carbons (Fsp3) is 0.167. The first kappa shape index (κ1) is 15.0. The van der Waals surface area contributed by atoms with Crippen LogP contribution in [-0.4, -0.2) is 35.7 Å². The van der Waals surface area contributed by atoms with E-state index in [4.69, 9.17) is 9.84 Å². The molecule has 0 amide bonds. The lowest BCUT2D eigenvalue weighted by Crippen LogP contribution is -2.18. The number of anilines is 1. The standard InChI is InChI=1S/C12H13N3O5S/c1-21(18,19)14-11-6-7-15(13-11)12(17)20-10-4-2-9(8-16)3-5-10/h2-7,16H,8H2,1H3,(H,13,14). The predicted octanol–water partition coefficient (Wildman–Crippen LogP) is 0.794. The monoisotopic (exact) mass is 311 g/mol. The number of benzene rings is 1. The summed E-state index contributed by atoms with van der Waals surface area (Å²) in [5.41, 5.74) is 0.688. The average Bonchev–Trinajstić information content (AvgIpc) is 2.86. The van der Waals surface area contributed by atoms with Gasteiger partial charge in [0.25, 0.3) is 0 Å². The molecule has 0 radical (unpaired) electrons. The first-order chi connectivity index (χ1) is 9.87.